The minimum atomic E-state index is -5.34. The van der Waals surface area contributed by atoms with Gasteiger partial charge in [-0.05, 0) is 170 Å². The van der Waals surface area contributed by atoms with Crippen LogP contribution in [0.2, 0.25) is 0 Å². The number of carbonyl (C=O) groups is 5. The van der Waals surface area contributed by atoms with Crippen LogP contribution in [-0.2, 0) is 64.1 Å². The SMILES string of the molecule is Cc1c(F)c(F)c(S(=O)(=O)N(C)CC(=O)N(Cc2ccc(C3CCCCC3)cc2)c2cc(C(=O)O)cc(C(=O)O)c2)c(F)c1F.Cc1c(F)c(F)c(S(=O)(=O)N(C)CC(=O)N(Cc2ccc(C3CCCCC3)cc2)c2ccc(-c3nn[nH]n3)cc2)c(F)c1F.Cc1c(F)c(F)c(S(=O)(=O)N(C)CC(=O)N(Cc2ccc(C3CCCCC3)cc2)c2ccccc2)c(F)c1F. The van der Waals surface area contributed by atoms with Gasteiger partial charge in [-0.3, -0.25) is 14.4 Å². The predicted molar refractivity (Wildman–Crippen MR) is 449 cm³/mol. The average molecular weight is 1840 g/mol. The molecule has 3 aliphatic carbocycles. The molecule has 0 radical (unpaired) electrons. The Bertz CT molecular complexity index is 6000. The fraction of sp³-hybridized carbons (Fsp3) is 0.333. The predicted octanol–water partition coefficient (Wildman–Crippen LogP) is 17.9. The van der Waals surface area contributed by atoms with E-state index in [0.29, 0.717) is 54.7 Å². The molecule has 3 amide bonds. The molecule has 128 heavy (non-hydrogen) atoms. The van der Waals surface area contributed by atoms with E-state index < -0.39 is 192 Å². The van der Waals surface area contributed by atoms with Gasteiger partial charge in [0, 0.05) is 60.5 Å². The second-order valence-electron chi connectivity index (χ2n) is 31.6. The number of nitrogens with zero attached hydrogens (tertiary/aromatic N) is 9. The van der Waals surface area contributed by atoms with Crippen LogP contribution >= 0.6 is 0 Å². The molecule has 1 heterocycles. The van der Waals surface area contributed by atoms with Crippen LogP contribution in [0.3, 0.4) is 0 Å². The number of H-pyrrole nitrogens is 1. The minimum Gasteiger partial charge on any atom is -0.478 e. The van der Waals surface area contributed by atoms with Crippen molar-refractivity contribution in [2.24, 2.45) is 0 Å². The van der Waals surface area contributed by atoms with Gasteiger partial charge in [0.2, 0.25) is 53.6 Å². The average Bonchev–Trinajstić information content (AvgIpc) is 0.781. The lowest BCUT2D eigenvalue weighted by atomic mass is 9.84. The molecule has 3 N–H and O–H groups in total. The highest BCUT2D eigenvalue weighted by atomic mass is 32.2. The topological polar surface area (TPSA) is 302 Å². The standard InChI is InChI=1S/C31H30F4N2O7S.C30H30F4N6O3S.C29H30F4N2O3S/c1-17-25(32)27(34)29(28(35)26(17)33)45(43,44)36(2)16-24(38)37(23-13-21(30(39)40)12-22(14-23)31(41)42)15-18-8-10-20(11-9-18)19-6-4-3-5-7-19;1-18-25(31)27(33)29(28(34)26(18)32)44(42,43)39(2)17-24(41)40(23-14-12-22(13-15-23)30-35-37-38-36-30)16-19-8-10-21(11-9-19)20-6-4-3-5-7-20;1-19-25(30)27(32)29(28(33)26(19)31)39(37,38)34(2)18-24(36)35(23-11-7-4-8-12-23)17-20-13-15-22(16-14-20)21-9-5-3-6-10-21/h8-14,19H,3-7,15-16H2,1-2H3,(H,39,40)(H,41,42);8-15,20H,3-7,16-17H2,1-2H3,(H,35,36,37,38);4,7-8,11-16,21H,3,5-6,9-10,17-18H2,1-2H3. The van der Waals surface area contributed by atoms with Gasteiger partial charge in [-0.25, -0.2) is 87.5 Å². The number of nitrogens with one attached hydrogen (secondary N) is 1. The summed E-state index contributed by atoms with van der Waals surface area (Å²) in [6.07, 6.45) is 17.2. The van der Waals surface area contributed by atoms with Crippen LogP contribution in [0, 0.1) is 90.6 Å². The van der Waals surface area contributed by atoms with E-state index in [4.69, 9.17) is 0 Å². The summed E-state index contributed by atoms with van der Waals surface area (Å²) in [5.74, 6) is -27.5. The zero-order valence-corrected chi connectivity index (χ0v) is 72.6. The largest absolute Gasteiger partial charge is 0.478 e. The van der Waals surface area contributed by atoms with Crippen LogP contribution in [0.25, 0.3) is 11.4 Å². The zero-order chi connectivity index (χ0) is 93.1. The van der Waals surface area contributed by atoms with Crippen LogP contribution < -0.4 is 14.7 Å². The lowest BCUT2D eigenvalue weighted by Crippen LogP contribution is -2.41. The Morgan fingerprint density at radius 3 is 0.898 bits per heavy atom. The molecule has 10 aromatic rings. The van der Waals surface area contributed by atoms with Crippen molar-refractivity contribution >= 4 is 76.8 Å². The number of aromatic nitrogens is 4. The zero-order valence-electron chi connectivity index (χ0n) is 70.1. The number of hydrogen-bond acceptors (Lipinski definition) is 14. The van der Waals surface area contributed by atoms with Crippen LogP contribution in [0.5, 0.6) is 0 Å². The highest BCUT2D eigenvalue weighted by molar-refractivity contribution is 7.89. The van der Waals surface area contributed by atoms with E-state index in [1.807, 2.05) is 60.7 Å². The Labute approximate surface area is 731 Å². The van der Waals surface area contributed by atoms with Crippen molar-refractivity contribution in [3.8, 4) is 11.4 Å². The summed E-state index contributed by atoms with van der Waals surface area (Å²) in [6, 6.07) is 41.0. The fourth-order valence-electron chi connectivity index (χ4n) is 15.6. The number of carbonyl (C=O) groups excluding carboxylic acids is 3. The van der Waals surface area contributed by atoms with E-state index >= 15 is 0 Å². The summed E-state index contributed by atoms with van der Waals surface area (Å²) in [5.41, 5.74) is 2.85. The van der Waals surface area contributed by atoms with Crippen LogP contribution in [0.15, 0.2) is 160 Å². The molecule has 38 heteroatoms. The lowest BCUT2D eigenvalue weighted by molar-refractivity contribution is -0.119. The summed E-state index contributed by atoms with van der Waals surface area (Å²) in [6.45, 7) is -0.679. The highest BCUT2D eigenvalue weighted by Gasteiger charge is 2.41. The quantitative estimate of drug-likeness (QED) is 0.0318. The Hall–Kier alpha value is -11.7. The fourth-order valence-corrected chi connectivity index (χ4v) is 19.3. The van der Waals surface area contributed by atoms with E-state index in [1.54, 1.807) is 66.7 Å². The first kappa shape index (κ1) is 96.9. The second kappa shape index (κ2) is 41.6. The van der Waals surface area contributed by atoms with Crippen molar-refractivity contribution in [3.63, 3.8) is 0 Å². The van der Waals surface area contributed by atoms with Crippen LogP contribution in [0.1, 0.15) is 185 Å². The molecule has 3 aliphatic rings. The number of likely N-dealkylation sites (N-methyl/N-ethyl adjacent to an activating group) is 3. The first-order valence-electron chi connectivity index (χ1n) is 40.7. The first-order chi connectivity index (χ1) is 60.6. The smallest absolute Gasteiger partial charge is 0.335 e. The Morgan fingerprint density at radius 2 is 0.633 bits per heavy atom. The van der Waals surface area contributed by atoms with E-state index in [0.717, 1.165) is 139 Å². The van der Waals surface area contributed by atoms with Gasteiger partial charge in [0.05, 0.1) is 50.4 Å². The number of hydrogen-bond donors (Lipinski definition) is 3. The number of para-hydroxylation sites is 1. The third kappa shape index (κ3) is 21.8. The number of aromatic carboxylic acids is 2. The van der Waals surface area contributed by atoms with Crippen molar-refractivity contribution in [1.29, 1.82) is 0 Å². The van der Waals surface area contributed by atoms with Gasteiger partial charge < -0.3 is 24.9 Å². The van der Waals surface area contributed by atoms with Gasteiger partial charge in [0.1, 0.15) is 0 Å². The van der Waals surface area contributed by atoms with Gasteiger partial charge in [-0.2, -0.15) is 18.1 Å². The molecular formula is C90H90F12N10O13S3. The molecule has 13 rings (SSSR count). The third-order valence-electron chi connectivity index (χ3n) is 23.1. The molecule has 1 aromatic heterocycles. The molecular weight excluding hydrogens is 1750 g/mol. The summed E-state index contributed by atoms with van der Waals surface area (Å²) in [4.78, 5) is 62.3. The molecule has 23 nitrogen and oxygen atoms in total. The molecule has 680 valence electrons. The normalized spacial score (nSPS) is 14.3. The molecule has 3 fully saturated rings. The molecule has 0 saturated heterocycles. The number of sulfonamides is 3. The number of aromatic amines is 1. The van der Waals surface area contributed by atoms with E-state index in [2.05, 4.69) is 20.6 Å². The van der Waals surface area contributed by atoms with Gasteiger partial charge in [0.25, 0.3) is 0 Å². The van der Waals surface area contributed by atoms with Crippen molar-refractivity contribution in [1.82, 2.24) is 33.5 Å². The van der Waals surface area contributed by atoms with Crippen molar-refractivity contribution in [2.45, 2.75) is 169 Å². The van der Waals surface area contributed by atoms with E-state index in [9.17, 15) is 112 Å². The summed E-state index contributed by atoms with van der Waals surface area (Å²) in [7, 11) is -13.0. The van der Waals surface area contributed by atoms with Gasteiger partial charge in [-0.1, -0.05) is 149 Å². The molecule has 0 unspecified atom stereocenters. The van der Waals surface area contributed by atoms with Gasteiger partial charge in [0.15, 0.2) is 84.5 Å². The Balaban J connectivity index is 0.000000186. The van der Waals surface area contributed by atoms with Crippen LogP contribution in [0.4, 0.5) is 69.7 Å². The molecule has 0 aliphatic heterocycles. The molecule has 9 aromatic carbocycles. The Kier molecular flexibility index (Phi) is 31.5. The Morgan fingerprint density at radius 1 is 0.359 bits per heavy atom. The van der Waals surface area contributed by atoms with Crippen molar-refractivity contribution < 1.29 is 112 Å². The van der Waals surface area contributed by atoms with Gasteiger partial charge in [-0.15, -0.1) is 10.2 Å². The van der Waals surface area contributed by atoms with E-state index in [1.165, 1.54) is 59.5 Å². The maximum atomic E-state index is 14.6. The number of carboxylic acids is 2. The number of benzene rings is 9. The molecule has 0 bridgehead atoms. The number of rotatable bonds is 27. The number of amides is 3. The van der Waals surface area contributed by atoms with Crippen molar-refractivity contribution in [3.05, 3.63) is 277 Å². The number of halogens is 12. The second-order valence-corrected chi connectivity index (χ2v) is 37.5. The number of tetrazole rings is 1. The maximum absolute atomic E-state index is 14.6. The molecule has 3 saturated carbocycles. The monoisotopic (exact) mass is 1840 g/mol. The first-order valence-corrected chi connectivity index (χ1v) is 45.0. The number of anilines is 3. The third-order valence-corrected chi connectivity index (χ3v) is 28.5. The summed E-state index contributed by atoms with van der Waals surface area (Å²) < 4.78 is 252. The molecule has 0 atom stereocenters. The molecule has 0 spiro atoms. The van der Waals surface area contributed by atoms with Gasteiger partial charge >= 0.3 is 11.9 Å². The summed E-state index contributed by atoms with van der Waals surface area (Å²) in [5, 5.41) is 32.8. The van der Waals surface area contributed by atoms with E-state index in [-0.39, 0.29) is 29.6 Å². The highest BCUT2D eigenvalue weighted by Crippen LogP contribution is 2.39. The summed E-state index contributed by atoms with van der Waals surface area (Å²) >= 11 is 0. The maximum Gasteiger partial charge on any atom is 0.335 e. The van der Waals surface area contributed by atoms with Crippen molar-refractivity contribution in [2.75, 3.05) is 55.5 Å². The van der Waals surface area contributed by atoms with Crippen LogP contribution in [-0.4, -0.2) is 139 Å². The lowest BCUT2D eigenvalue weighted by Gasteiger charge is -2.27. The minimum absolute atomic E-state index is 0.0374. The number of carboxylic acid groups (broad SMARTS) is 2.